The Bertz CT molecular complexity index is 351. The smallest absolute Gasteiger partial charge is 0.0743 e. The van der Waals surface area contributed by atoms with Crippen LogP contribution < -0.4 is 0 Å². The highest BCUT2D eigenvalue weighted by Crippen LogP contribution is 2.69. The van der Waals surface area contributed by atoms with Gasteiger partial charge in [-0.15, -0.1) is 0 Å². The Morgan fingerprint density at radius 2 is 1.89 bits per heavy atom. The van der Waals surface area contributed by atoms with Crippen LogP contribution in [0.1, 0.15) is 47.0 Å². The zero-order valence-electron chi connectivity index (χ0n) is 12.2. The minimum Gasteiger partial charge on any atom is -0.396 e. The number of hydrogen-bond donors (Lipinski definition) is 2. The van der Waals surface area contributed by atoms with E-state index in [1.165, 1.54) is 12.8 Å². The van der Waals surface area contributed by atoms with Crippen LogP contribution in [-0.2, 0) is 0 Å². The molecule has 7 atom stereocenters. The molecular weight excluding hydrogens is 224 g/mol. The minimum absolute atomic E-state index is 0.241. The van der Waals surface area contributed by atoms with Crippen molar-refractivity contribution in [1.82, 2.24) is 0 Å². The molecule has 3 saturated carbocycles. The summed E-state index contributed by atoms with van der Waals surface area (Å²) in [6.07, 6.45) is 3.56. The summed E-state index contributed by atoms with van der Waals surface area (Å²) in [7, 11) is 0. The largest absolute Gasteiger partial charge is 0.396 e. The van der Waals surface area contributed by atoms with Gasteiger partial charge < -0.3 is 10.2 Å². The lowest BCUT2D eigenvalue weighted by Gasteiger charge is -2.42. The molecular formula is C16H28O2. The fraction of sp³-hybridized carbons (Fsp3) is 1.00. The van der Waals surface area contributed by atoms with Crippen LogP contribution >= 0.6 is 0 Å². The molecule has 0 spiro atoms. The molecule has 2 N–H and O–H groups in total. The summed E-state index contributed by atoms with van der Waals surface area (Å²) in [5.41, 5.74) is -0.251. The standard InChI is InChI=1S/C16H28O2/c1-9-12-5-6-15(3,4)14(12)16(18)10(2)11(8-17)7-13(9)16/h9-14,17-18H,5-8H2,1-4H3/t9-,10+,11-,12-,13-,14-,16-/m0/s1. The van der Waals surface area contributed by atoms with Crippen LogP contribution in [0.15, 0.2) is 0 Å². The average molecular weight is 252 g/mol. The van der Waals surface area contributed by atoms with E-state index in [-0.39, 0.29) is 17.9 Å². The second-order valence-electron chi connectivity index (χ2n) is 7.99. The van der Waals surface area contributed by atoms with E-state index < -0.39 is 5.60 Å². The van der Waals surface area contributed by atoms with Crippen LogP contribution in [-0.4, -0.2) is 22.4 Å². The third kappa shape index (κ3) is 1.31. The summed E-state index contributed by atoms with van der Waals surface area (Å²) >= 11 is 0. The van der Waals surface area contributed by atoms with Gasteiger partial charge in [-0.1, -0.05) is 27.7 Å². The van der Waals surface area contributed by atoms with E-state index in [1.807, 2.05) is 0 Å². The Labute approximate surface area is 111 Å². The van der Waals surface area contributed by atoms with Crippen molar-refractivity contribution in [3.05, 3.63) is 0 Å². The SMILES string of the molecule is C[C@H]1[C@@H]2CCC(C)(C)[C@H]2[C@]2(O)[C@H](C)[C@H](CO)C[C@@H]12. The summed E-state index contributed by atoms with van der Waals surface area (Å²) in [6.45, 7) is 9.43. The lowest BCUT2D eigenvalue weighted by atomic mass is 9.67. The van der Waals surface area contributed by atoms with E-state index in [0.717, 1.165) is 6.42 Å². The van der Waals surface area contributed by atoms with E-state index in [0.29, 0.717) is 29.6 Å². The minimum atomic E-state index is -0.516. The van der Waals surface area contributed by atoms with E-state index in [4.69, 9.17) is 0 Å². The molecule has 0 bridgehead atoms. The highest BCUT2D eigenvalue weighted by atomic mass is 16.3. The maximum atomic E-state index is 11.5. The van der Waals surface area contributed by atoms with Crippen molar-refractivity contribution in [2.75, 3.05) is 6.61 Å². The first-order chi connectivity index (χ1) is 8.34. The number of aliphatic hydroxyl groups excluding tert-OH is 1. The highest BCUT2D eigenvalue weighted by molar-refractivity contribution is 5.18. The lowest BCUT2D eigenvalue weighted by Crippen LogP contribution is -2.47. The summed E-state index contributed by atoms with van der Waals surface area (Å²) in [4.78, 5) is 0. The molecule has 3 aliphatic rings. The molecule has 0 amide bonds. The predicted octanol–water partition coefficient (Wildman–Crippen LogP) is 2.68. The number of rotatable bonds is 1. The molecule has 0 radical (unpaired) electrons. The van der Waals surface area contributed by atoms with Crippen molar-refractivity contribution in [3.8, 4) is 0 Å². The molecule has 0 aromatic heterocycles. The van der Waals surface area contributed by atoms with Crippen LogP contribution in [0.5, 0.6) is 0 Å². The zero-order chi connectivity index (χ0) is 13.3. The maximum Gasteiger partial charge on any atom is 0.0743 e. The first kappa shape index (κ1) is 12.9. The zero-order valence-corrected chi connectivity index (χ0v) is 12.2. The lowest BCUT2D eigenvalue weighted by molar-refractivity contribution is -0.0946. The van der Waals surface area contributed by atoms with Crippen molar-refractivity contribution < 1.29 is 10.2 Å². The van der Waals surface area contributed by atoms with E-state index in [9.17, 15) is 10.2 Å². The van der Waals surface area contributed by atoms with E-state index in [1.54, 1.807) is 0 Å². The monoisotopic (exact) mass is 252 g/mol. The fourth-order valence-electron chi connectivity index (χ4n) is 6.09. The molecule has 18 heavy (non-hydrogen) atoms. The van der Waals surface area contributed by atoms with Gasteiger partial charge in [0.1, 0.15) is 0 Å². The number of aliphatic hydroxyl groups is 2. The molecule has 0 saturated heterocycles. The van der Waals surface area contributed by atoms with Crippen molar-refractivity contribution in [3.63, 3.8) is 0 Å². The Kier molecular flexibility index (Phi) is 2.68. The molecule has 104 valence electrons. The second kappa shape index (κ2) is 3.73. The van der Waals surface area contributed by atoms with E-state index >= 15 is 0 Å². The molecule has 0 aliphatic heterocycles. The van der Waals surface area contributed by atoms with Gasteiger partial charge in [-0.05, 0) is 60.2 Å². The molecule has 2 nitrogen and oxygen atoms in total. The van der Waals surface area contributed by atoms with Crippen LogP contribution in [0.3, 0.4) is 0 Å². The summed E-state index contributed by atoms with van der Waals surface area (Å²) < 4.78 is 0. The third-order valence-corrected chi connectivity index (χ3v) is 7.02. The van der Waals surface area contributed by atoms with Crippen molar-refractivity contribution in [2.45, 2.75) is 52.6 Å². The van der Waals surface area contributed by atoms with Gasteiger partial charge in [0.15, 0.2) is 0 Å². The molecule has 0 heterocycles. The highest BCUT2D eigenvalue weighted by Gasteiger charge is 2.69. The first-order valence-electron chi connectivity index (χ1n) is 7.67. The van der Waals surface area contributed by atoms with E-state index in [2.05, 4.69) is 27.7 Å². The molecule has 2 heteroatoms. The molecule has 3 rings (SSSR count). The van der Waals surface area contributed by atoms with Crippen molar-refractivity contribution >= 4 is 0 Å². The number of fused-ring (bicyclic) bond motifs is 3. The van der Waals surface area contributed by atoms with Crippen LogP contribution in [0.2, 0.25) is 0 Å². The molecule has 3 fully saturated rings. The van der Waals surface area contributed by atoms with Gasteiger partial charge in [-0.2, -0.15) is 0 Å². The predicted molar refractivity (Wildman–Crippen MR) is 72.0 cm³/mol. The first-order valence-corrected chi connectivity index (χ1v) is 7.67. The van der Waals surface area contributed by atoms with Gasteiger partial charge in [-0.3, -0.25) is 0 Å². The summed E-state index contributed by atoms with van der Waals surface area (Å²) in [5, 5.41) is 21.0. The molecule has 3 aliphatic carbocycles. The van der Waals surface area contributed by atoms with Gasteiger partial charge in [0, 0.05) is 6.61 Å². The van der Waals surface area contributed by atoms with Gasteiger partial charge >= 0.3 is 0 Å². The average Bonchev–Trinajstić information content (AvgIpc) is 2.83. The normalized spacial score (nSPS) is 57.7. The van der Waals surface area contributed by atoms with Crippen molar-refractivity contribution in [1.29, 1.82) is 0 Å². The summed E-state index contributed by atoms with van der Waals surface area (Å²) in [6, 6.07) is 0. The van der Waals surface area contributed by atoms with Gasteiger partial charge in [0.2, 0.25) is 0 Å². The third-order valence-electron chi connectivity index (χ3n) is 7.02. The van der Waals surface area contributed by atoms with Gasteiger partial charge in [0.05, 0.1) is 5.60 Å². The Morgan fingerprint density at radius 3 is 2.50 bits per heavy atom. The Hall–Kier alpha value is -0.0800. The molecule has 0 aromatic carbocycles. The van der Waals surface area contributed by atoms with Crippen LogP contribution in [0.25, 0.3) is 0 Å². The Morgan fingerprint density at radius 1 is 1.22 bits per heavy atom. The summed E-state index contributed by atoms with van der Waals surface area (Å²) in [5.74, 6) is 2.75. The van der Waals surface area contributed by atoms with Crippen molar-refractivity contribution in [2.24, 2.45) is 40.9 Å². The molecule has 0 unspecified atom stereocenters. The van der Waals surface area contributed by atoms with Gasteiger partial charge in [-0.25, -0.2) is 0 Å². The topological polar surface area (TPSA) is 40.5 Å². The van der Waals surface area contributed by atoms with Crippen LogP contribution in [0.4, 0.5) is 0 Å². The number of hydrogen-bond acceptors (Lipinski definition) is 2. The quantitative estimate of drug-likeness (QED) is 0.753. The second-order valence-corrected chi connectivity index (χ2v) is 7.99. The van der Waals surface area contributed by atoms with Gasteiger partial charge in [0.25, 0.3) is 0 Å². The fourth-order valence-corrected chi connectivity index (χ4v) is 6.09. The maximum absolute atomic E-state index is 11.5. The Balaban J connectivity index is 2.03. The van der Waals surface area contributed by atoms with Crippen LogP contribution in [0, 0.1) is 40.9 Å². The molecule has 0 aromatic rings.